The summed E-state index contributed by atoms with van der Waals surface area (Å²) in [5, 5.41) is 6.47. The molecule has 1 unspecified atom stereocenters. The molecule has 0 bridgehead atoms. The number of unbranched alkanes of at least 4 members (excludes halogenated alkanes) is 3. The Morgan fingerprint density at radius 2 is 1.92 bits per heavy atom. The van der Waals surface area contributed by atoms with Crippen molar-refractivity contribution in [1.29, 1.82) is 0 Å². The third-order valence-corrected chi connectivity index (χ3v) is 4.32. The van der Waals surface area contributed by atoms with Gasteiger partial charge in [0.05, 0.1) is 6.54 Å². The van der Waals surface area contributed by atoms with E-state index in [9.17, 15) is 9.59 Å². The van der Waals surface area contributed by atoms with Gasteiger partial charge in [0, 0.05) is 18.5 Å². The van der Waals surface area contributed by atoms with Crippen molar-refractivity contribution in [2.24, 2.45) is 5.92 Å². The van der Waals surface area contributed by atoms with Crippen molar-refractivity contribution in [2.45, 2.75) is 72.6 Å². The normalized spacial score (nSPS) is 12.0. The van der Waals surface area contributed by atoms with E-state index in [0.717, 1.165) is 44.9 Å². The summed E-state index contributed by atoms with van der Waals surface area (Å²) in [5.74, 6) is 0.893. The van der Waals surface area contributed by atoms with Gasteiger partial charge in [0.25, 0.3) is 0 Å². The SMILES string of the molecule is CCCCCN(CC(=O)Nc1cc(C)on1)C(=O)C(CC)CCCC. The molecule has 0 spiro atoms. The summed E-state index contributed by atoms with van der Waals surface area (Å²) in [6.45, 7) is 8.76. The van der Waals surface area contributed by atoms with Crippen molar-refractivity contribution >= 4 is 17.6 Å². The summed E-state index contributed by atoms with van der Waals surface area (Å²) < 4.78 is 4.95. The number of rotatable bonds is 12. The standard InChI is InChI=1S/C19H33N3O3/c1-5-8-10-12-22(19(24)16(7-3)11-9-6-2)14-18(23)20-17-13-15(4)25-21-17/h13,16H,5-12,14H2,1-4H3,(H,20,21,23). The van der Waals surface area contributed by atoms with Gasteiger partial charge in [0.2, 0.25) is 11.8 Å². The van der Waals surface area contributed by atoms with Gasteiger partial charge in [0.1, 0.15) is 5.76 Å². The zero-order chi connectivity index (χ0) is 18.7. The van der Waals surface area contributed by atoms with Crippen molar-refractivity contribution in [2.75, 3.05) is 18.4 Å². The van der Waals surface area contributed by atoms with E-state index < -0.39 is 0 Å². The molecule has 0 aliphatic heterocycles. The minimum atomic E-state index is -0.233. The Morgan fingerprint density at radius 3 is 2.48 bits per heavy atom. The van der Waals surface area contributed by atoms with Crippen molar-refractivity contribution in [1.82, 2.24) is 10.1 Å². The van der Waals surface area contributed by atoms with E-state index in [2.05, 4.69) is 24.3 Å². The van der Waals surface area contributed by atoms with Crippen LogP contribution >= 0.6 is 0 Å². The van der Waals surface area contributed by atoms with Crippen molar-refractivity contribution in [3.8, 4) is 0 Å². The van der Waals surface area contributed by atoms with Crippen LogP contribution in [0.3, 0.4) is 0 Å². The average Bonchev–Trinajstić information content (AvgIpc) is 2.99. The number of aromatic nitrogens is 1. The largest absolute Gasteiger partial charge is 0.360 e. The second-order valence-corrected chi connectivity index (χ2v) is 6.59. The lowest BCUT2D eigenvalue weighted by molar-refractivity contribution is -0.138. The smallest absolute Gasteiger partial charge is 0.245 e. The van der Waals surface area contributed by atoms with Gasteiger partial charge in [-0.15, -0.1) is 0 Å². The molecular formula is C19H33N3O3. The molecule has 142 valence electrons. The molecule has 1 aromatic heterocycles. The first-order valence-electron chi connectivity index (χ1n) is 9.53. The Balaban J connectivity index is 2.69. The number of nitrogens with zero attached hydrogens (tertiary/aromatic N) is 2. The minimum absolute atomic E-state index is 0.00340. The predicted octanol–water partition coefficient (Wildman–Crippen LogP) is 4.16. The number of anilines is 1. The number of nitrogens with one attached hydrogen (secondary N) is 1. The van der Waals surface area contributed by atoms with Crippen LogP contribution in [0.4, 0.5) is 5.82 Å². The van der Waals surface area contributed by atoms with Gasteiger partial charge in [-0.25, -0.2) is 0 Å². The summed E-state index contributed by atoms with van der Waals surface area (Å²) >= 11 is 0. The maximum Gasteiger partial charge on any atom is 0.245 e. The third kappa shape index (κ3) is 7.71. The van der Waals surface area contributed by atoms with Gasteiger partial charge in [0.15, 0.2) is 5.82 Å². The maximum absolute atomic E-state index is 12.9. The fraction of sp³-hybridized carbons (Fsp3) is 0.737. The predicted molar refractivity (Wildman–Crippen MR) is 99.3 cm³/mol. The van der Waals surface area contributed by atoms with Gasteiger partial charge in [-0.1, -0.05) is 51.6 Å². The molecule has 25 heavy (non-hydrogen) atoms. The average molecular weight is 351 g/mol. The van der Waals surface area contributed by atoms with Crippen LogP contribution in [0.25, 0.3) is 0 Å². The van der Waals surface area contributed by atoms with Gasteiger partial charge in [-0.2, -0.15) is 0 Å². The summed E-state index contributed by atoms with van der Waals surface area (Å²) in [6.07, 6.45) is 6.87. The van der Waals surface area contributed by atoms with Crippen LogP contribution in [0, 0.1) is 12.8 Å². The van der Waals surface area contributed by atoms with Gasteiger partial charge >= 0.3 is 0 Å². The molecule has 0 saturated carbocycles. The zero-order valence-electron chi connectivity index (χ0n) is 16.1. The number of carbonyl (C=O) groups excluding carboxylic acids is 2. The van der Waals surface area contributed by atoms with E-state index >= 15 is 0 Å². The molecule has 0 fully saturated rings. The highest BCUT2D eigenvalue weighted by Gasteiger charge is 2.24. The van der Waals surface area contributed by atoms with Crippen LogP contribution in [0.15, 0.2) is 10.6 Å². The monoisotopic (exact) mass is 351 g/mol. The Labute approximate surface area is 151 Å². The third-order valence-electron chi connectivity index (χ3n) is 4.32. The summed E-state index contributed by atoms with van der Waals surface area (Å²) in [5.41, 5.74) is 0. The van der Waals surface area contributed by atoms with Crippen molar-refractivity contribution in [3.05, 3.63) is 11.8 Å². The maximum atomic E-state index is 12.9. The van der Waals surface area contributed by atoms with E-state index in [-0.39, 0.29) is 24.3 Å². The van der Waals surface area contributed by atoms with E-state index in [0.29, 0.717) is 18.1 Å². The number of carbonyl (C=O) groups is 2. The van der Waals surface area contributed by atoms with E-state index in [1.165, 1.54) is 0 Å². The lowest BCUT2D eigenvalue weighted by atomic mass is 9.97. The van der Waals surface area contributed by atoms with Gasteiger partial charge in [-0.05, 0) is 26.2 Å². The Hall–Kier alpha value is -1.85. The zero-order valence-corrected chi connectivity index (χ0v) is 16.1. The molecule has 6 nitrogen and oxygen atoms in total. The molecule has 0 aromatic carbocycles. The van der Waals surface area contributed by atoms with Crippen LogP contribution in [0.1, 0.15) is 71.5 Å². The summed E-state index contributed by atoms with van der Waals surface area (Å²) in [4.78, 5) is 26.9. The molecule has 1 heterocycles. The van der Waals surface area contributed by atoms with Gasteiger partial charge in [-0.3, -0.25) is 9.59 Å². The molecule has 0 aliphatic carbocycles. The quantitative estimate of drug-likeness (QED) is 0.574. The highest BCUT2D eigenvalue weighted by molar-refractivity contribution is 5.94. The van der Waals surface area contributed by atoms with E-state index in [4.69, 9.17) is 4.52 Å². The highest BCUT2D eigenvalue weighted by Crippen LogP contribution is 2.17. The molecule has 2 amide bonds. The lowest BCUT2D eigenvalue weighted by Gasteiger charge is -2.26. The van der Waals surface area contributed by atoms with E-state index in [1.807, 2.05) is 6.92 Å². The minimum Gasteiger partial charge on any atom is -0.360 e. The Morgan fingerprint density at radius 1 is 1.20 bits per heavy atom. The number of aryl methyl sites for hydroxylation is 1. The summed E-state index contributed by atoms with van der Waals surface area (Å²) in [6, 6.07) is 1.66. The van der Waals surface area contributed by atoms with Crippen molar-refractivity contribution < 1.29 is 14.1 Å². The molecule has 6 heteroatoms. The molecule has 0 radical (unpaired) electrons. The first-order valence-corrected chi connectivity index (χ1v) is 9.53. The van der Waals surface area contributed by atoms with Crippen LogP contribution in [0.5, 0.6) is 0 Å². The fourth-order valence-corrected chi connectivity index (χ4v) is 2.81. The van der Waals surface area contributed by atoms with Crippen LogP contribution in [-0.4, -0.2) is 35.0 Å². The first kappa shape index (κ1) is 21.2. The number of hydrogen-bond acceptors (Lipinski definition) is 4. The molecule has 1 rings (SSSR count). The molecule has 1 aromatic rings. The number of amides is 2. The Bertz CT molecular complexity index is 528. The fourth-order valence-electron chi connectivity index (χ4n) is 2.81. The Kier molecular flexibility index (Phi) is 9.88. The summed E-state index contributed by atoms with van der Waals surface area (Å²) in [7, 11) is 0. The molecule has 0 aliphatic rings. The second kappa shape index (κ2) is 11.7. The lowest BCUT2D eigenvalue weighted by Crippen LogP contribution is -2.42. The molecule has 0 saturated heterocycles. The molecule has 1 atom stereocenters. The number of hydrogen-bond donors (Lipinski definition) is 1. The molecular weight excluding hydrogens is 318 g/mol. The highest BCUT2D eigenvalue weighted by atomic mass is 16.5. The van der Waals surface area contributed by atoms with Crippen LogP contribution in [-0.2, 0) is 9.59 Å². The molecule has 1 N–H and O–H groups in total. The van der Waals surface area contributed by atoms with Gasteiger partial charge < -0.3 is 14.7 Å². The van der Waals surface area contributed by atoms with Crippen molar-refractivity contribution in [3.63, 3.8) is 0 Å². The topological polar surface area (TPSA) is 75.4 Å². The van der Waals surface area contributed by atoms with Crippen LogP contribution in [0.2, 0.25) is 0 Å². The van der Waals surface area contributed by atoms with E-state index in [1.54, 1.807) is 17.9 Å². The van der Waals surface area contributed by atoms with Crippen LogP contribution < -0.4 is 5.32 Å². The first-order chi connectivity index (χ1) is 12.0. The second-order valence-electron chi connectivity index (χ2n) is 6.59.